The second-order valence-electron chi connectivity index (χ2n) is 14.3. The van der Waals surface area contributed by atoms with Crippen LogP contribution in [-0.2, 0) is 27.9 Å². The molecule has 0 rings (SSSR count). The van der Waals surface area contributed by atoms with Crippen LogP contribution in [0.2, 0.25) is 0 Å². The highest BCUT2D eigenvalue weighted by atomic mass is 31.2. The Morgan fingerprint density at radius 2 is 1.09 bits per heavy atom. The zero-order valence-corrected chi connectivity index (χ0v) is 35.1. The minimum absolute atomic E-state index is 0.00839. The fourth-order valence-electron chi connectivity index (χ4n) is 4.79. The van der Waals surface area contributed by atoms with Crippen LogP contribution < -0.4 is 4.89 Å². The lowest BCUT2D eigenvalue weighted by Crippen LogP contribution is -2.37. The van der Waals surface area contributed by atoms with Gasteiger partial charge in [0.1, 0.15) is 19.3 Å². The van der Waals surface area contributed by atoms with Gasteiger partial charge in [-0.15, -0.1) is 0 Å². The molecule has 0 aliphatic carbocycles. The molecule has 9 heteroatoms. The van der Waals surface area contributed by atoms with Gasteiger partial charge in [0.15, 0.2) is 0 Å². The highest BCUT2D eigenvalue weighted by Crippen LogP contribution is 2.38. The summed E-state index contributed by atoms with van der Waals surface area (Å²) >= 11 is 0. The van der Waals surface area contributed by atoms with Crippen LogP contribution in [0.15, 0.2) is 85.1 Å². The lowest BCUT2D eigenvalue weighted by molar-refractivity contribution is -0.870. The molecule has 0 fully saturated rings. The number of carbonyl (C=O) groups is 1. The Kier molecular flexibility index (Phi) is 35.0. The van der Waals surface area contributed by atoms with E-state index in [1.165, 1.54) is 25.7 Å². The molecule has 0 saturated heterocycles. The van der Waals surface area contributed by atoms with Gasteiger partial charge < -0.3 is 27.9 Å². The summed E-state index contributed by atoms with van der Waals surface area (Å²) in [6.07, 6.45) is 47.4. The molecular formula is C44H76NO7P. The molecule has 2 unspecified atom stereocenters. The quantitative estimate of drug-likeness (QED) is 0.0206. The third-order valence-electron chi connectivity index (χ3n) is 7.91. The van der Waals surface area contributed by atoms with Gasteiger partial charge in [-0.1, -0.05) is 131 Å². The van der Waals surface area contributed by atoms with Gasteiger partial charge >= 0.3 is 5.97 Å². The summed E-state index contributed by atoms with van der Waals surface area (Å²) in [5.74, 6) is -0.399. The monoisotopic (exact) mass is 762 g/mol. The van der Waals surface area contributed by atoms with Gasteiger partial charge in [-0.2, -0.15) is 0 Å². The molecule has 304 valence electrons. The van der Waals surface area contributed by atoms with E-state index in [0.717, 1.165) is 77.0 Å². The van der Waals surface area contributed by atoms with Crippen LogP contribution in [-0.4, -0.2) is 70.7 Å². The Bertz CT molecular complexity index is 1120. The Morgan fingerprint density at radius 1 is 0.604 bits per heavy atom. The molecule has 8 nitrogen and oxygen atoms in total. The number of phosphoric ester groups is 1. The van der Waals surface area contributed by atoms with Crippen molar-refractivity contribution in [2.24, 2.45) is 0 Å². The SMILES string of the molecule is CC/C=C\C/C=C\C/C=C\C/C=C\C/C=C\CCCC(=O)OC(COCCCCCCCC/C=C\C/C=C\CCC)COP(=O)([O-])OCC[N+](C)(C)C. The molecule has 0 bridgehead atoms. The molecule has 0 aromatic heterocycles. The first-order valence-electron chi connectivity index (χ1n) is 20.3. The second kappa shape index (κ2) is 36.6. The summed E-state index contributed by atoms with van der Waals surface area (Å²) in [4.78, 5) is 25.0. The molecule has 0 amide bonds. The van der Waals surface area contributed by atoms with E-state index in [2.05, 4.69) is 98.9 Å². The molecular weight excluding hydrogens is 685 g/mol. The fourth-order valence-corrected chi connectivity index (χ4v) is 5.52. The zero-order chi connectivity index (χ0) is 39.1. The smallest absolute Gasteiger partial charge is 0.306 e. The number of hydrogen-bond donors (Lipinski definition) is 0. The van der Waals surface area contributed by atoms with Crippen LogP contribution in [0, 0.1) is 0 Å². The maximum absolute atomic E-state index is 12.6. The van der Waals surface area contributed by atoms with E-state index in [9.17, 15) is 14.3 Å². The summed E-state index contributed by atoms with van der Waals surface area (Å²) in [6, 6.07) is 0. The van der Waals surface area contributed by atoms with Gasteiger partial charge in [0.05, 0.1) is 34.4 Å². The zero-order valence-electron chi connectivity index (χ0n) is 34.2. The third kappa shape index (κ3) is 40.7. The number of unbranched alkanes of at least 4 members (excludes halogenated alkanes) is 8. The molecule has 0 N–H and O–H groups in total. The molecule has 0 spiro atoms. The van der Waals surface area contributed by atoms with Gasteiger partial charge in [-0.05, 0) is 77.0 Å². The normalized spacial score (nSPS) is 14.8. The van der Waals surface area contributed by atoms with Crippen molar-refractivity contribution in [1.29, 1.82) is 0 Å². The fraction of sp³-hybridized carbons (Fsp3) is 0.659. The van der Waals surface area contributed by atoms with Crippen LogP contribution in [0.25, 0.3) is 0 Å². The Hall–Kier alpha value is -2.32. The van der Waals surface area contributed by atoms with Crippen LogP contribution in [0.4, 0.5) is 0 Å². The topological polar surface area (TPSA) is 94.1 Å². The average Bonchev–Trinajstić information content (AvgIpc) is 3.11. The maximum Gasteiger partial charge on any atom is 0.306 e. The summed E-state index contributed by atoms with van der Waals surface area (Å²) in [6.45, 7) is 5.09. The van der Waals surface area contributed by atoms with Gasteiger partial charge in [-0.25, -0.2) is 0 Å². The van der Waals surface area contributed by atoms with E-state index in [1.807, 2.05) is 21.1 Å². The van der Waals surface area contributed by atoms with E-state index in [4.69, 9.17) is 18.5 Å². The van der Waals surface area contributed by atoms with Gasteiger partial charge in [0.2, 0.25) is 0 Å². The van der Waals surface area contributed by atoms with Crippen LogP contribution in [0.5, 0.6) is 0 Å². The molecule has 0 radical (unpaired) electrons. The predicted molar refractivity (Wildman–Crippen MR) is 222 cm³/mol. The first kappa shape index (κ1) is 50.7. The van der Waals surface area contributed by atoms with Gasteiger partial charge in [0.25, 0.3) is 7.82 Å². The van der Waals surface area contributed by atoms with E-state index in [1.54, 1.807) is 0 Å². The van der Waals surface area contributed by atoms with E-state index >= 15 is 0 Å². The standard InChI is InChI=1S/C44H76NO7P/c1-6-8-10-12-14-16-18-20-22-23-24-25-27-29-31-33-35-37-44(46)52-43(42-51-53(47,48)50-40-38-45(3,4)5)41-49-39-36-34-32-30-28-26-21-19-17-15-13-11-9-7-2/h8,10-11,13-14,16-17,19-20,22,24-25,29,31,43H,6-7,9,12,15,18,21,23,26-28,30,32-42H2,1-5H3/b10-8-,13-11-,16-14-,19-17-,22-20-,25-24-,31-29-. The maximum atomic E-state index is 12.6. The molecule has 53 heavy (non-hydrogen) atoms. The summed E-state index contributed by atoms with van der Waals surface area (Å²) in [5.41, 5.74) is 0. The number of esters is 1. The Labute approximate surface area is 325 Å². The van der Waals surface area contributed by atoms with Crippen molar-refractivity contribution in [3.05, 3.63) is 85.1 Å². The molecule has 0 heterocycles. The lowest BCUT2D eigenvalue weighted by Gasteiger charge is -2.28. The average molecular weight is 762 g/mol. The lowest BCUT2D eigenvalue weighted by atomic mass is 10.1. The molecule has 2 atom stereocenters. The number of nitrogens with zero attached hydrogens (tertiary/aromatic N) is 1. The van der Waals surface area contributed by atoms with Gasteiger partial charge in [0, 0.05) is 13.0 Å². The third-order valence-corrected chi connectivity index (χ3v) is 8.88. The Morgan fingerprint density at radius 3 is 1.64 bits per heavy atom. The minimum atomic E-state index is -4.54. The van der Waals surface area contributed by atoms with Gasteiger partial charge in [-0.3, -0.25) is 9.36 Å². The summed E-state index contributed by atoms with van der Waals surface area (Å²) < 4.78 is 34.4. The highest BCUT2D eigenvalue weighted by molar-refractivity contribution is 7.45. The number of carbonyl (C=O) groups excluding carboxylic acids is 1. The van der Waals surface area contributed by atoms with E-state index in [-0.39, 0.29) is 26.2 Å². The van der Waals surface area contributed by atoms with Crippen molar-refractivity contribution in [2.75, 3.05) is 54.1 Å². The molecule has 0 aliphatic rings. The van der Waals surface area contributed by atoms with Crippen LogP contribution in [0.3, 0.4) is 0 Å². The number of likely N-dealkylation sites (N-methyl/N-ethyl adjacent to an activating group) is 1. The van der Waals surface area contributed by atoms with E-state index < -0.39 is 19.9 Å². The van der Waals surface area contributed by atoms with Crippen LogP contribution >= 0.6 is 7.82 Å². The van der Waals surface area contributed by atoms with Crippen molar-refractivity contribution in [1.82, 2.24) is 0 Å². The Balaban J connectivity index is 4.43. The van der Waals surface area contributed by atoms with E-state index in [0.29, 0.717) is 24.1 Å². The van der Waals surface area contributed by atoms with Crippen LogP contribution in [0.1, 0.15) is 129 Å². The van der Waals surface area contributed by atoms with Crippen molar-refractivity contribution in [3.63, 3.8) is 0 Å². The highest BCUT2D eigenvalue weighted by Gasteiger charge is 2.20. The second-order valence-corrected chi connectivity index (χ2v) is 15.7. The van der Waals surface area contributed by atoms with Crippen molar-refractivity contribution in [3.8, 4) is 0 Å². The largest absolute Gasteiger partial charge is 0.756 e. The molecule has 0 aromatic rings. The summed E-state index contributed by atoms with van der Waals surface area (Å²) in [7, 11) is 1.30. The predicted octanol–water partition coefficient (Wildman–Crippen LogP) is 11.1. The molecule has 0 aromatic carbocycles. The molecule has 0 saturated carbocycles. The first-order chi connectivity index (χ1) is 25.6. The number of rotatable bonds is 36. The molecule has 0 aliphatic heterocycles. The number of allylic oxidation sites excluding steroid dienone is 14. The number of hydrogen-bond acceptors (Lipinski definition) is 7. The van der Waals surface area contributed by atoms with Crippen molar-refractivity contribution >= 4 is 13.8 Å². The number of quaternary nitrogens is 1. The number of phosphoric acid groups is 1. The number of ether oxygens (including phenoxy) is 2. The minimum Gasteiger partial charge on any atom is -0.756 e. The summed E-state index contributed by atoms with van der Waals surface area (Å²) in [5, 5.41) is 0. The first-order valence-corrected chi connectivity index (χ1v) is 21.8. The van der Waals surface area contributed by atoms with Crippen molar-refractivity contribution < 1.29 is 37.3 Å². The van der Waals surface area contributed by atoms with Crippen molar-refractivity contribution in [2.45, 2.75) is 136 Å².